The van der Waals surface area contributed by atoms with Crippen LogP contribution in [-0.2, 0) is 13.1 Å². The van der Waals surface area contributed by atoms with Gasteiger partial charge in [0.25, 0.3) is 0 Å². The van der Waals surface area contributed by atoms with Crippen molar-refractivity contribution in [3.63, 3.8) is 0 Å². The average molecular weight is 397 g/mol. The Balaban J connectivity index is 1.82. The first-order valence-electron chi connectivity index (χ1n) is 10.4. The molecule has 1 nitrogen and oxygen atoms in total. The fourth-order valence-corrected chi connectivity index (χ4v) is 6.87. The second kappa shape index (κ2) is 7.60. The molecule has 2 heteroatoms. The third kappa shape index (κ3) is 3.90. The highest BCUT2D eigenvalue weighted by molar-refractivity contribution is 6.89. The number of aromatic nitrogens is 1. The van der Waals surface area contributed by atoms with Crippen molar-refractivity contribution >= 4 is 24.0 Å². The van der Waals surface area contributed by atoms with E-state index < -0.39 is 8.07 Å². The molecule has 29 heavy (non-hydrogen) atoms. The molecule has 0 amide bonds. The van der Waals surface area contributed by atoms with Crippen molar-refractivity contribution in [3.8, 4) is 11.3 Å². The number of hydrogen-bond acceptors (Lipinski definition) is 0. The molecule has 1 aromatic heterocycles. The lowest BCUT2D eigenvalue weighted by Gasteiger charge is -2.24. The molecule has 0 spiro atoms. The summed E-state index contributed by atoms with van der Waals surface area (Å²) in [6.45, 7) is 9.34. The van der Waals surface area contributed by atoms with Gasteiger partial charge in [-0.2, -0.15) is 0 Å². The van der Waals surface area contributed by atoms with Crippen LogP contribution < -0.4 is 9.75 Å². The number of fused-ring (bicyclic) bond motifs is 1. The van der Waals surface area contributed by atoms with E-state index in [0.717, 1.165) is 0 Å². The van der Waals surface area contributed by atoms with E-state index in [2.05, 4.69) is 118 Å². The second-order valence-electron chi connectivity index (χ2n) is 8.94. The smallest absolute Gasteiger partial charge is 0.200 e. The quantitative estimate of drug-likeness (QED) is 0.310. The summed E-state index contributed by atoms with van der Waals surface area (Å²) in [6, 6.07) is 28.3. The minimum atomic E-state index is -1.57. The van der Waals surface area contributed by atoms with Gasteiger partial charge in [-0.3, -0.25) is 0 Å². The number of aryl methyl sites for hydroxylation is 3. The fourth-order valence-electron chi connectivity index (χ4n) is 4.33. The van der Waals surface area contributed by atoms with Crippen LogP contribution >= 0.6 is 0 Å². The van der Waals surface area contributed by atoms with Gasteiger partial charge in [0.05, 0.1) is 13.5 Å². The minimum Gasteiger partial charge on any atom is -0.200 e. The van der Waals surface area contributed by atoms with Crippen LogP contribution in [0.2, 0.25) is 13.1 Å². The molecular weight excluding hydrogens is 366 g/mol. The third-order valence-corrected chi connectivity index (χ3v) is 9.22. The highest BCUT2D eigenvalue weighted by Crippen LogP contribution is 2.28. The van der Waals surface area contributed by atoms with E-state index in [1.807, 2.05) is 0 Å². The van der Waals surface area contributed by atoms with Gasteiger partial charge in [0, 0.05) is 11.6 Å². The summed E-state index contributed by atoms with van der Waals surface area (Å²) in [5, 5.41) is 4.19. The first kappa shape index (κ1) is 19.6. The van der Waals surface area contributed by atoms with Crippen molar-refractivity contribution in [2.24, 2.45) is 7.05 Å². The van der Waals surface area contributed by atoms with Crippen molar-refractivity contribution < 1.29 is 4.57 Å². The largest absolute Gasteiger partial charge is 0.220 e. The van der Waals surface area contributed by atoms with Crippen LogP contribution in [0.3, 0.4) is 0 Å². The molecule has 3 aromatic carbocycles. The van der Waals surface area contributed by atoms with E-state index in [9.17, 15) is 0 Å². The molecule has 0 aliphatic heterocycles. The summed E-state index contributed by atoms with van der Waals surface area (Å²) in [5.41, 5.74) is 6.70. The average Bonchev–Trinajstić information content (AvgIpc) is 2.70. The van der Waals surface area contributed by atoms with Gasteiger partial charge in [-0.1, -0.05) is 84.0 Å². The zero-order valence-electron chi connectivity index (χ0n) is 18.2. The van der Waals surface area contributed by atoms with E-state index in [4.69, 9.17) is 0 Å². The van der Waals surface area contributed by atoms with Crippen molar-refractivity contribution in [2.75, 3.05) is 0 Å². The Labute approximate surface area is 175 Å². The molecular formula is C27H30NSi+. The summed E-state index contributed by atoms with van der Waals surface area (Å²) in [6.07, 6.45) is 2.20. The molecule has 0 saturated carbocycles. The van der Waals surface area contributed by atoms with Gasteiger partial charge in [-0.25, -0.2) is 4.57 Å². The van der Waals surface area contributed by atoms with Crippen molar-refractivity contribution in [1.29, 1.82) is 0 Å². The van der Waals surface area contributed by atoms with Crippen LogP contribution in [-0.4, -0.2) is 8.07 Å². The summed E-state index contributed by atoms with van der Waals surface area (Å²) in [7, 11) is 0.577. The van der Waals surface area contributed by atoms with Crippen LogP contribution in [0.5, 0.6) is 0 Å². The van der Waals surface area contributed by atoms with Crippen LogP contribution in [0.4, 0.5) is 0 Å². The lowest BCUT2D eigenvalue weighted by atomic mass is 9.98. The first-order valence-corrected chi connectivity index (χ1v) is 13.6. The van der Waals surface area contributed by atoms with Gasteiger partial charge in [0.1, 0.15) is 7.05 Å². The standard InChI is InChI=1S/C27H30NSi/c1-20-11-12-21(2)26(17-20)27-25-14-13-24(18-23(25)15-16-28(27)3)29(4,5)19-22-9-7-6-8-10-22/h6-18H,19H2,1-5H3/q+1. The number of hydrogen-bond donors (Lipinski definition) is 0. The van der Waals surface area contributed by atoms with Crippen molar-refractivity contribution in [2.45, 2.75) is 33.0 Å². The van der Waals surface area contributed by atoms with Gasteiger partial charge in [-0.05, 0) is 43.0 Å². The molecule has 4 aromatic rings. The maximum Gasteiger partial charge on any atom is 0.220 e. The summed E-state index contributed by atoms with van der Waals surface area (Å²) in [4.78, 5) is 0. The first-order chi connectivity index (χ1) is 13.8. The van der Waals surface area contributed by atoms with Crippen LogP contribution in [0.25, 0.3) is 22.0 Å². The van der Waals surface area contributed by atoms with E-state index in [-0.39, 0.29) is 0 Å². The molecule has 0 atom stereocenters. The summed E-state index contributed by atoms with van der Waals surface area (Å²) in [5.74, 6) is 0. The van der Waals surface area contributed by atoms with Crippen molar-refractivity contribution in [1.82, 2.24) is 0 Å². The van der Waals surface area contributed by atoms with Gasteiger partial charge in [-0.15, -0.1) is 0 Å². The Hall–Kier alpha value is -2.71. The van der Waals surface area contributed by atoms with Gasteiger partial charge < -0.3 is 0 Å². The summed E-state index contributed by atoms with van der Waals surface area (Å²) >= 11 is 0. The fraction of sp³-hybridized carbons (Fsp3) is 0.222. The Morgan fingerprint density at radius 1 is 0.828 bits per heavy atom. The number of nitrogens with zero attached hydrogens (tertiary/aromatic N) is 1. The molecule has 0 radical (unpaired) electrons. The van der Waals surface area contributed by atoms with Crippen LogP contribution in [0.15, 0.2) is 79.0 Å². The summed E-state index contributed by atoms with van der Waals surface area (Å²) < 4.78 is 2.26. The minimum absolute atomic E-state index is 1.17. The Morgan fingerprint density at radius 3 is 2.34 bits per heavy atom. The predicted octanol–water partition coefficient (Wildman–Crippen LogP) is 5.65. The molecule has 4 rings (SSSR count). The highest BCUT2D eigenvalue weighted by Gasteiger charge is 2.25. The zero-order chi connectivity index (χ0) is 20.6. The molecule has 0 aliphatic rings. The third-order valence-electron chi connectivity index (χ3n) is 6.06. The zero-order valence-corrected chi connectivity index (χ0v) is 19.2. The van der Waals surface area contributed by atoms with E-state index in [0.29, 0.717) is 0 Å². The number of rotatable bonds is 4. The second-order valence-corrected chi connectivity index (χ2v) is 13.6. The number of benzene rings is 3. The van der Waals surface area contributed by atoms with Crippen LogP contribution in [0, 0.1) is 13.8 Å². The van der Waals surface area contributed by atoms with Gasteiger partial charge >= 0.3 is 0 Å². The van der Waals surface area contributed by atoms with Gasteiger partial charge in [0.2, 0.25) is 5.69 Å². The van der Waals surface area contributed by atoms with E-state index in [1.165, 1.54) is 50.0 Å². The normalized spacial score (nSPS) is 11.8. The Bertz CT molecular complexity index is 1180. The van der Waals surface area contributed by atoms with E-state index >= 15 is 0 Å². The van der Waals surface area contributed by atoms with Crippen molar-refractivity contribution in [3.05, 3.63) is 95.7 Å². The molecule has 0 aliphatic carbocycles. The molecule has 146 valence electrons. The number of pyridine rings is 1. The molecule has 1 heterocycles. The predicted molar refractivity (Wildman–Crippen MR) is 127 cm³/mol. The van der Waals surface area contributed by atoms with Crippen LogP contribution in [0.1, 0.15) is 16.7 Å². The Morgan fingerprint density at radius 2 is 1.59 bits per heavy atom. The molecule has 0 bridgehead atoms. The van der Waals surface area contributed by atoms with E-state index in [1.54, 1.807) is 0 Å². The molecule has 0 saturated heterocycles. The lowest BCUT2D eigenvalue weighted by molar-refractivity contribution is -0.659. The molecule has 0 fully saturated rings. The lowest BCUT2D eigenvalue weighted by Crippen LogP contribution is -2.44. The molecule has 0 N–H and O–H groups in total. The SMILES string of the molecule is Cc1ccc(C)c(-c2c3ccc([Si](C)(C)Cc4ccccc4)cc3cc[n+]2C)c1. The molecule has 0 unspecified atom stereocenters. The monoisotopic (exact) mass is 396 g/mol. The van der Waals surface area contributed by atoms with Gasteiger partial charge in [0.15, 0.2) is 6.20 Å². The topological polar surface area (TPSA) is 3.88 Å². The maximum absolute atomic E-state index is 2.48. The highest BCUT2D eigenvalue weighted by atomic mass is 28.3. The Kier molecular flexibility index (Phi) is 5.14. The maximum atomic E-state index is 2.48.